The number of carbonyl (C=O) groups excluding carboxylic acids is 2. The molecule has 0 radical (unpaired) electrons. The van der Waals surface area contributed by atoms with Crippen molar-refractivity contribution in [3.63, 3.8) is 0 Å². The van der Waals surface area contributed by atoms with Gasteiger partial charge in [-0.25, -0.2) is 9.78 Å². The number of nitrogens with zero attached hydrogens (tertiary/aromatic N) is 5. The fraction of sp³-hybridized carbons (Fsp3) is 0.429. The van der Waals surface area contributed by atoms with E-state index in [2.05, 4.69) is 9.97 Å². The van der Waals surface area contributed by atoms with Crippen LogP contribution in [-0.2, 0) is 4.79 Å². The van der Waals surface area contributed by atoms with Crippen LogP contribution in [-0.4, -0.2) is 70.5 Å². The molecule has 0 bridgehead atoms. The Morgan fingerprint density at radius 3 is 2.79 bits per heavy atom. The van der Waals surface area contributed by atoms with Crippen molar-refractivity contribution < 1.29 is 14.3 Å². The molecule has 29 heavy (non-hydrogen) atoms. The molecule has 8 nitrogen and oxygen atoms in total. The van der Waals surface area contributed by atoms with Crippen LogP contribution in [0.25, 0.3) is 0 Å². The second-order valence-corrected chi connectivity index (χ2v) is 7.36. The van der Waals surface area contributed by atoms with Gasteiger partial charge in [-0.1, -0.05) is 18.2 Å². The van der Waals surface area contributed by atoms with Crippen molar-refractivity contribution >= 4 is 17.6 Å². The highest BCUT2D eigenvalue weighted by atomic mass is 16.5. The van der Waals surface area contributed by atoms with Gasteiger partial charge in [-0.2, -0.15) is 4.98 Å². The molecule has 3 amide bonds. The van der Waals surface area contributed by atoms with E-state index in [1.54, 1.807) is 27.0 Å². The van der Waals surface area contributed by atoms with Gasteiger partial charge in [0.15, 0.2) is 0 Å². The van der Waals surface area contributed by atoms with E-state index >= 15 is 0 Å². The predicted octanol–water partition coefficient (Wildman–Crippen LogP) is 2.10. The molecule has 8 heteroatoms. The van der Waals surface area contributed by atoms with Crippen LogP contribution < -0.4 is 9.64 Å². The van der Waals surface area contributed by atoms with Crippen LogP contribution in [0.5, 0.6) is 5.88 Å². The molecule has 2 aliphatic heterocycles. The lowest BCUT2D eigenvalue weighted by Gasteiger charge is -2.33. The van der Waals surface area contributed by atoms with Gasteiger partial charge in [-0.15, -0.1) is 0 Å². The van der Waals surface area contributed by atoms with Crippen LogP contribution in [0.3, 0.4) is 0 Å². The van der Waals surface area contributed by atoms with Gasteiger partial charge in [0.2, 0.25) is 11.8 Å². The molecule has 0 spiro atoms. The number of para-hydroxylation sites is 1. The number of ether oxygens (including phenoxy) is 1. The fourth-order valence-corrected chi connectivity index (χ4v) is 3.77. The lowest BCUT2D eigenvalue weighted by molar-refractivity contribution is -0.134. The second-order valence-electron chi connectivity index (χ2n) is 7.36. The minimum atomic E-state index is -0.120. The maximum absolute atomic E-state index is 12.8. The molecule has 2 aliphatic rings. The van der Waals surface area contributed by atoms with E-state index < -0.39 is 0 Å². The summed E-state index contributed by atoms with van der Waals surface area (Å²) in [5.74, 6) is 1.15. The zero-order valence-corrected chi connectivity index (χ0v) is 16.5. The number of anilines is 1. The van der Waals surface area contributed by atoms with Gasteiger partial charge in [0, 0.05) is 37.6 Å². The number of hydrogen-bond donors (Lipinski definition) is 0. The summed E-state index contributed by atoms with van der Waals surface area (Å²) < 4.78 is 5.95. The predicted molar refractivity (Wildman–Crippen MR) is 108 cm³/mol. The molecule has 2 fully saturated rings. The van der Waals surface area contributed by atoms with Crippen LogP contribution >= 0.6 is 0 Å². The van der Waals surface area contributed by atoms with Gasteiger partial charge in [0.05, 0.1) is 6.54 Å². The van der Waals surface area contributed by atoms with Crippen LogP contribution in [0.1, 0.15) is 18.7 Å². The molecule has 2 saturated heterocycles. The highest BCUT2D eigenvalue weighted by molar-refractivity contribution is 5.96. The Bertz CT molecular complexity index is 876. The Balaban J connectivity index is 1.33. The molecular weight excluding hydrogens is 370 g/mol. The zero-order chi connectivity index (χ0) is 20.2. The third kappa shape index (κ3) is 4.47. The number of urea groups is 1. The topological polar surface area (TPSA) is 78.9 Å². The van der Waals surface area contributed by atoms with Gasteiger partial charge in [0.25, 0.3) is 0 Å². The normalized spacial score (nSPS) is 19.6. The number of aryl methyl sites for hydroxylation is 1. The van der Waals surface area contributed by atoms with Crippen molar-refractivity contribution in [3.8, 4) is 5.88 Å². The van der Waals surface area contributed by atoms with E-state index in [0.29, 0.717) is 37.9 Å². The van der Waals surface area contributed by atoms with Crippen molar-refractivity contribution in [2.75, 3.05) is 37.6 Å². The Kier molecular flexibility index (Phi) is 5.59. The summed E-state index contributed by atoms with van der Waals surface area (Å²) in [5, 5.41) is 0. The third-order valence-electron chi connectivity index (χ3n) is 5.26. The van der Waals surface area contributed by atoms with Crippen molar-refractivity contribution in [2.24, 2.45) is 0 Å². The lowest BCUT2D eigenvalue weighted by atomic mass is 10.1. The Hall–Kier alpha value is -3.16. The van der Waals surface area contributed by atoms with Crippen LogP contribution in [0.2, 0.25) is 0 Å². The molecule has 1 atom stereocenters. The molecule has 1 aromatic carbocycles. The number of aromatic nitrogens is 2. The molecule has 0 aliphatic carbocycles. The number of piperidine rings is 1. The number of amides is 3. The maximum atomic E-state index is 12.8. The second kappa shape index (κ2) is 8.46. The van der Waals surface area contributed by atoms with Gasteiger partial charge in [-0.05, 0) is 31.9 Å². The van der Waals surface area contributed by atoms with Gasteiger partial charge in [0.1, 0.15) is 18.5 Å². The van der Waals surface area contributed by atoms with Crippen LogP contribution in [0.15, 0.2) is 42.6 Å². The van der Waals surface area contributed by atoms with Crippen molar-refractivity contribution in [3.05, 3.63) is 48.4 Å². The summed E-state index contributed by atoms with van der Waals surface area (Å²) in [6.07, 6.45) is 3.31. The Morgan fingerprint density at radius 2 is 2.00 bits per heavy atom. The summed E-state index contributed by atoms with van der Waals surface area (Å²) in [6.45, 7) is 4.25. The Morgan fingerprint density at radius 1 is 1.17 bits per heavy atom. The van der Waals surface area contributed by atoms with E-state index in [1.807, 2.05) is 37.3 Å². The van der Waals surface area contributed by atoms with Crippen LogP contribution in [0, 0.1) is 6.92 Å². The molecule has 2 aromatic rings. The number of likely N-dealkylation sites (tertiary alicyclic amines) is 1. The fourth-order valence-electron chi connectivity index (χ4n) is 3.77. The minimum absolute atomic E-state index is 0.0413. The molecule has 152 valence electrons. The molecule has 1 aromatic heterocycles. The number of rotatable bonds is 5. The molecule has 4 rings (SSSR count). The SMILES string of the molecule is Cc1nccc(O[C@@H]2CCCN(C(=O)CN3CCN(c4ccccc4)C3=O)C2)n1. The number of benzene rings is 1. The van der Waals surface area contributed by atoms with Crippen molar-refractivity contribution in [1.29, 1.82) is 0 Å². The van der Waals surface area contributed by atoms with Gasteiger partial charge < -0.3 is 14.5 Å². The largest absolute Gasteiger partial charge is 0.472 e. The first-order valence-corrected chi connectivity index (χ1v) is 9.96. The van der Waals surface area contributed by atoms with E-state index in [-0.39, 0.29) is 24.6 Å². The summed E-state index contributed by atoms with van der Waals surface area (Å²) in [4.78, 5) is 39.0. The molecule has 0 N–H and O–H groups in total. The third-order valence-corrected chi connectivity index (χ3v) is 5.26. The lowest BCUT2D eigenvalue weighted by Crippen LogP contribution is -2.48. The standard InChI is InChI=1S/C21H25N5O3/c1-16-22-10-9-19(23-16)29-18-8-5-11-24(14-18)20(27)15-25-12-13-26(21(25)28)17-6-3-2-4-7-17/h2-4,6-7,9-10,18H,5,8,11-15H2,1H3/t18-/m1/s1. The van der Waals surface area contributed by atoms with E-state index in [0.717, 1.165) is 18.5 Å². The first kappa shape index (κ1) is 19.2. The van der Waals surface area contributed by atoms with Crippen LogP contribution in [0.4, 0.5) is 10.5 Å². The maximum Gasteiger partial charge on any atom is 0.325 e. The summed E-state index contributed by atoms with van der Waals surface area (Å²) in [5.41, 5.74) is 0.860. The Labute approximate surface area is 170 Å². The number of hydrogen-bond acceptors (Lipinski definition) is 5. The molecule has 0 saturated carbocycles. The smallest absolute Gasteiger partial charge is 0.325 e. The van der Waals surface area contributed by atoms with Crippen molar-refractivity contribution in [2.45, 2.75) is 25.9 Å². The van der Waals surface area contributed by atoms with Gasteiger partial charge in [-0.3, -0.25) is 9.69 Å². The zero-order valence-electron chi connectivity index (χ0n) is 16.5. The first-order chi connectivity index (χ1) is 14.1. The van der Waals surface area contributed by atoms with Gasteiger partial charge >= 0.3 is 6.03 Å². The quantitative estimate of drug-likeness (QED) is 0.775. The monoisotopic (exact) mass is 395 g/mol. The number of carbonyl (C=O) groups is 2. The first-order valence-electron chi connectivity index (χ1n) is 9.96. The summed E-state index contributed by atoms with van der Waals surface area (Å²) in [6, 6.07) is 11.2. The average Bonchev–Trinajstić information content (AvgIpc) is 3.09. The summed E-state index contributed by atoms with van der Waals surface area (Å²) >= 11 is 0. The van der Waals surface area contributed by atoms with E-state index in [9.17, 15) is 9.59 Å². The average molecular weight is 395 g/mol. The van der Waals surface area contributed by atoms with E-state index in [1.165, 1.54) is 0 Å². The highest BCUT2D eigenvalue weighted by Crippen LogP contribution is 2.21. The highest BCUT2D eigenvalue weighted by Gasteiger charge is 2.33. The molecular formula is C21H25N5O3. The van der Waals surface area contributed by atoms with Crippen molar-refractivity contribution in [1.82, 2.24) is 19.8 Å². The van der Waals surface area contributed by atoms with E-state index in [4.69, 9.17) is 4.74 Å². The molecule has 0 unspecified atom stereocenters. The minimum Gasteiger partial charge on any atom is -0.472 e. The molecule has 3 heterocycles. The summed E-state index contributed by atoms with van der Waals surface area (Å²) in [7, 11) is 0.